The predicted octanol–water partition coefficient (Wildman–Crippen LogP) is 0.644. The number of H-pyrrole nitrogens is 1. The minimum Gasteiger partial charge on any atom is -0.361 e. The summed E-state index contributed by atoms with van der Waals surface area (Å²) in [5.41, 5.74) is 14.7. The maximum absolute atomic E-state index is 6.02. The molecule has 1 saturated heterocycles. The van der Waals surface area contributed by atoms with Gasteiger partial charge in [-0.15, -0.1) is 0 Å². The van der Waals surface area contributed by atoms with E-state index in [2.05, 4.69) is 28.0 Å². The zero-order chi connectivity index (χ0) is 10.3. The first-order valence-electron chi connectivity index (χ1n) is 5.16. The van der Waals surface area contributed by atoms with Crippen LogP contribution < -0.4 is 16.6 Å². The number of nitrogens with two attached hydrogens (primary N) is 1. The molecule has 4 heteroatoms. The standard InChI is InChI=1S/C11H14N4/c12-9-6-14-15-11(9)8-5-13-10-4-2-1-3-7(8)10/h1-5,9,11,13-15H,6,12H2. The first kappa shape index (κ1) is 8.91. The van der Waals surface area contributed by atoms with E-state index in [0.29, 0.717) is 0 Å². The van der Waals surface area contributed by atoms with Crippen LogP contribution in [-0.2, 0) is 0 Å². The molecule has 4 nitrogen and oxygen atoms in total. The molecule has 0 bridgehead atoms. The third-order valence-corrected chi connectivity index (χ3v) is 2.98. The van der Waals surface area contributed by atoms with Gasteiger partial charge in [0.1, 0.15) is 0 Å². The molecule has 2 atom stereocenters. The van der Waals surface area contributed by atoms with Gasteiger partial charge in [0.15, 0.2) is 0 Å². The normalized spacial score (nSPS) is 26.2. The second-order valence-electron chi connectivity index (χ2n) is 3.96. The summed E-state index contributed by atoms with van der Waals surface area (Å²) in [6.45, 7) is 0.810. The SMILES string of the molecule is NC1CNNC1c1c[nH]c2ccccc12. The lowest BCUT2D eigenvalue weighted by Gasteiger charge is -2.13. The highest BCUT2D eigenvalue weighted by Crippen LogP contribution is 2.26. The van der Waals surface area contributed by atoms with E-state index in [1.807, 2.05) is 18.3 Å². The maximum atomic E-state index is 6.02. The van der Waals surface area contributed by atoms with Crippen LogP contribution in [0.25, 0.3) is 10.9 Å². The molecule has 0 aliphatic carbocycles. The molecule has 1 aliphatic heterocycles. The van der Waals surface area contributed by atoms with Gasteiger partial charge in [0.2, 0.25) is 0 Å². The quantitative estimate of drug-likeness (QED) is 0.549. The Morgan fingerprint density at radius 2 is 2.13 bits per heavy atom. The molecule has 0 saturated carbocycles. The first-order valence-corrected chi connectivity index (χ1v) is 5.16. The first-order chi connectivity index (χ1) is 7.36. The third-order valence-electron chi connectivity index (χ3n) is 2.98. The van der Waals surface area contributed by atoms with Crippen LogP contribution >= 0.6 is 0 Å². The van der Waals surface area contributed by atoms with Crippen molar-refractivity contribution >= 4 is 10.9 Å². The Bertz CT molecular complexity index is 476. The van der Waals surface area contributed by atoms with E-state index in [1.54, 1.807) is 0 Å². The summed E-state index contributed by atoms with van der Waals surface area (Å²) in [5.74, 6) is 0. The van der Waals surface area contributed by atoms with Gasteiger partial charge in [0, 0.05) is 29.7 Å². The molecule has 0 amide bonds. The smallest absolute Gasteiger partial charge is 0.0647 e. The molecule has 1 aromatic carbocycles. The van der Waals surface area contributed by atoms with Gasteiger partial charge in [-0.05, 0) is 11.6 Å². The van der Waals surface area contributed by atoms with Crippen molar-refractivity contribution in [2.45, 2.75) is 12.1 Å². The van der Waals surface area contributed by atoms with Crippen LogP contribution in [-0.4, -0.2) is 17.6 Å². The average molecular weight is 202 g/mol. The molecule has 5 N–H and O–H groups in total. The number of hydrogen-bond donors (Lipinski definition) is 4. The van der Waals surface area contributed by atoms with Gasteiger partial charge in [-0.3, -0.25) is 5.43 Å². The van der Waals surface area contributed by atoms with Crippen molar-refractivity contribution in [1.82, 2.24) is 15.8 Å². The van der Waals surface area contributed by atoms with Gasteiger partial charge in [-0.2, -0.15) is 0 Å². The highest BCUT2D eigenvalue weighted by molar-refractivity contribution is 5.83. The van der Waals surface area contributed by atoms with Gasteiger partial charge in [-0.25, -0.2) is 5.43 Å². The topological polar surface area (TPSA) is 65.9 Å². The summed E-state index contributed by atoms with van der Waals surface area (Å²) in [7, 11) is 0. The van der Waals surface area contributed by atoms with Crippen molar-refractivity contribution in [3.63, 3.8) is 0 Å². The molecular formula is C11H14N4. The Labute approximate surface area is 87.8 Å². The van der Waals surface area contributed by atoms with Crippen LogP contribution in [0, 0.1) is 0 Å². The molecule has 2 unspecified atom stereocenters. The number of aromatic nitrogens is 1. The average Bonchev–Trinajstić information content (AvgIpc) is 2.83. The van der Waals surface area contributed by atoms with Crippen molar-refractivity contribution in [2.24, 2.45) is 5.73 Å². The number of aromatic amines is 1. The molecule has 1 aliphatic rings. The fourth-order valence-corrected chi connectivity index (χ4v) is 2.17. The molecule has 15 heavy (non-hydrogen) atoms. The van der Waals surface area contributed by atoms with Crippen molar-refractivity contribution < 1.29 is 0 Å². The Hall–Kier alpha value is -1.36. The molecule has 1 aromatic heterocycles. The molecule has 1 fully saturated rings. The van der Waals surface area contributed by atoms with Gasteiger partial charge >= 0.3 is 0 Å². The van der Waals surface area contributed by atoms with Crippen LogP contribution in [0.2, 0.25) is 0 Å². The lowest BCUT2D eigenvalue weighted by molar-refractivity contribution is 0.554. The Morgan fingerprint density at radius 1 is 1.27 bits per heavy atom. The molecular weight excluding hydrogens is 188 g/mol. The summed E-state index contributed by atoms with van der Waals surface area (Å²) >= 11 is 0. The van der Waals surface area contributed by atoms with Crippen molar-refractivity contribution in [1.29, 1.82) is 0 Å². The van der Waals surface area contributed by atoms with E-state index >= 15 is 0 Å². The Balaban J connectivity index is 2.10. The molecule has 2 heterocycles. The van der Waals surface area contributed by atoms with Crippen LogP contribution in [0.1, 0.15) is 11.6 Å². The van der Waals surface area contributed by atoms with E-state index in [1.165, 1.54) is 10.9 Å². The Morgan fingerprint density at radius 3 is 2.93 bits per heavy atom. The van der Waals surface area contributed by atoms with Crippen molar-refractivity contribution in [2.75, 3.05) is 6.54 Å². The van der Waals surface area contributed by atoms with Crippen LogP contribution in [0.3, 0.4) is 0 Å². The fraction of sp³-hybridized carbons (Fsp3) is 0.273. The van der Waals surface area contributed by atoms with Crippen LogP contribution in [0.5, 0.6) is 0 Å². The summed E-state index contributed by atoms with van der Waals surface area (Å²) in [6.07, 6.45) is 2.04. The number of rotatable bonds is 1. The lowest BCUT2D eigenvalue weighted by Crippen LogP contribution is -2.29. The third kappa shape index (κ3) is 1.34. The number of hydrogen-bond acceptors (Lipinski definition) is 3. The summed E-state index contributed by atoms with van der Waals surface area (Å²) in [4.78, 5) is 3.26. The molecule has 0 radical (unpaired) electrons. The number of nitrogens with one attached hydrogen (secondary N) is 3. The van der Waals surface area contributed by atoms with Crippen LogP contribution in [0.4, 0.5) is 0 Å². The van der Waals surface area contributed by atoms with E-state index in [9.17, 15) is 0 Å². The fourth-order valence-electron chi connectivity index (χ4n) is 2.17. The summed E-state index contributed by atoms with van der Waals surface area (Å²) in [6, 6.07) is 8.60. The minimum atomic E-state index is 0.129. The molecule has 2 aromatic rings. The number of para-hydroxylation sites is 1. The monoisotopic (exact) mass is 202 g/mol. The number of fused-ring (bicyclic) bond motifs is 1. The lowest BCUT2D eigenvalue weighted by atomic mass is 10.0. The second kappa shape index (κ2) is 3.34. The van der Waals surface area contributed by atoms with E-state index in [4.69, 9.17) is 5.73 Å². The minimum absolute atomic E-state index is 0.129. The van der Waals surface area contributed by atoms with Gasteiger partial charge in [-0.1, -0.05) is 18.2 Å². The van der Waals surface area contributed by atoms with E-state index in [0.717, 1.165) is 12.1 Å². The number of benzene rings is 1. The summed E-state index contributed by atoms with van der Waals surface area (Å²) in [5, 5.41) is 1.24. The second-order valence-corrected chi connectivity index (χ2v) is 3.96. The van der Waals surface area contributed by atoms with Gasteiger partial charge in [0.25, 0.3) is 0 Å². The highest BCUT2D eigenvalue weighted by Gasteiger charge is 2.26. The largest absolute Gasteiger partial charge is 0.361 e. The van der Waals surface area contributed by atoms with E-state index < -0.39 is 0 Å². The maximum Gasteiger partial charge on any atom is 0.0647 e. The molecule has 3 rings (SSSR count). The zero-order valence-electron chi connectivity index (χ0n) is 8.33. The highest BCUT2D eigenvalue weighted by atomic mass is 15.4. The number of hydrazine groups is 1. The van der Waals surface area contributed by atoms with Gasteiger partial charge < -0.3 is 10.7 Å². The Kier molecular flexibility index (Phi) is 1.98. The van der Waals surface area contributed by atoms with E-state index in [-0.39, 0.29) is 12.1 Å². The van der Waals surface area contributed by atoms with Gasteiger partial charge in [0.05, 0.1) is 6.04 Å². The molecule has 78 valence electrons. The van der Waals surface area contributed by atoms with Crippen LogP contribution in [0.15, 0.2) is 30.5 Å². The zero-order valence-corrected chi connectivity index (χ0v) is 8.33. The van der Waals surface area contributed by atoms with Crippen molar-refractivity contribution in [3.05, 3.63) is 36.0 Å². The predicted molar refractivity (Wildman–Crippen MR) is 60.2 cm³/mol. The molecule has 0 spiro atoms. The summed E-state index contributed by atoms with van der Waals surface area (Å²) < 4.78 is 0. The van der Waals surface area contributed by atoms with Crippen molar-refractivity contribution in [3.8, 4) is 0 Å².